The number of aromatic nitrogens is 1. The van der Waals surface area contributed by atoms with Crippen molar-refractivity contribution in [1.82, 2.24) is 14.2 Å². The maximum atomic E-state index is 13.1. The van der Waals surface area contributed by atoms with E-state index in [-0.39, 0.29) is 16.9 Å². The lowest BCUT2D eigenvalue weighted by molar-refractivity contribution is 0.0746. The molecule has 3 aromatic rings. The minimum atomic E-state index is -3.64. The molecule has 0 radical (unpaired) electrons. The van der Waals surface area contributed by atoms with Gasteiger partial charge in [-0.2, -0.15) is 4.31 Å². The largest absolute Gasteiger partial charge is 0.377 e. The van der Waals surface area contributed by atoms with E-state index in [2.05, 4.69) is 9.88 Å². The number of thiazole rings is 1. The molecule has 1 atom stereocenters. The van der Waals surface area contributed by atoms with Crippen LogP contribution < -0.4 is 4.90 Å². The number of halogens is 1. The number of benzene rings is 2. The van der Waals surface area contributed by atoms with Crippen LogP contribution in [0, 0.1) is 0 Å². The van der Waals surface area contributed by atoms with E-state index in [1.165, 1.54) is 16.4 Å². The summed E-state index contributed by atoms with van der Waals surface area (Å²) < 4.78 is 33.8. The Balaban J connectivity index is 1.21. The molecule has 0 saturated carbocycles. The number of fused-ring (bicyclic) bond motifs is 1. The lowest BCUT2D eigenvalue weighted by atomic mass is 10.2. The van der Waals surface area contributed by atoms with Gasteiger partial charge in [0.05, 0.1) is 20.7 Å². The van der Waals surface area contributed by atoms with Crippen molar-refractivity contribution in [3.63, 3.8) is 0 Å². The van der Waals surface area contributed by atoms with E-state index in [1.54, 1.807) is 35.4 Å². The Morgan fingerprint density at radius 1 is 1.17 bits per heavy atom. The molecule has 11 heteroatoms. The Morgan fingerprint density at radius 2 is 1.91 bits per heavy atom. The monoisotopic (exact) mass is 534 g/mol. The molecule has 0 spiro atoms. The molecular weight excluding hydrogens is 508 g/mol. The number of hydrogen-bond donors (Lipinski definition) is 0. The Labute approximate surface area is 214 Å². The first kappa shape index (κ1) is 24.5. The van der Waals surface area contributed by atoms with E-state index in [9.17, 15) is 13.2 Å². The van der Waals surface area contributed by atoms with E-state index in [1.807, 2.05) is 18.2 Å². The highest BCUT2D eigenvalue weighted by Gasteiger charge is 2.27. The smallest absolute Gasteiger partial charge is 0.253 e. The number of hydrogen-bond acceptors (Lipinski definition) is 7. The van der Waals surface area contributed by atoms with Gasteiger partial charge in [0.2, 0.25) is 10.0 Å². The van der Waals surface area contributed by atoms with Gasteiger partial charge in [-0.25, -0.2) is 13.4 Å². The Kier molecular flexibility index (Phi) is 7.00. The van der Waals surface area contributed by atoms with Crippen LogP contribution in [0.4, 0.5) is 5.13 Å². The molecule has 5 rings (SSSR count). The molecule has 8 nitrogen and oxygen atoms in total. The molecule has 2 aromatic carbocycles. The molecular formula is C24H27ClN4O4S2. The average molecular weight is 535 g/mol. The summed E-state index contributed by atoms with van der Waals surface area (Å²) in [6.45, 7) is 3.47. The highest BCUT2D eigenvalue weighted by molar-refractivity contribution is 7.89. The minimum Gasteiger partial charge on any atom is -0.377 e. The number of amides is 1. The number of likely N-dealkylation sites (N-methyl/N-ethyl adjacent to an activating group) is 1. The zero-order valence-electron chi connectivity index (χ0n) is 19.4. The second kappa shape index (κ2) is 10.0. The fourth-order valence-corrected chi connectivity index (χ4v) is 6.96. The van der Waals surface area contributed by atoms with Crippen LogP contribution in [0.25, 0.3) is 10.2 Å². The molecule has 2 aliphatic rings. The summed E-state index contributed by atoms with van der Waals surface area (Å²) in [5, 5.41) is 1.55. The van der Waals surface area contributed by atoms with Crippen LogP contribution in [0.2, 0.25) is 5.02 Å². The zero-order valence-corrected chi connectivity index (χ0v) is 21.8. The van der Waals surface area contributed by atoms with Crippen LogP contribution in [-0.2, 0) is 14.8 Å². The van der Waals surface area contributed by atoms with Crippen LogP contribution in [0.5, 0.6) is 0 Å². The highest BCUT2D eigenvalue weighted by atomic mass is 35.5. The summed E-state index contributed by atoms with van der Waals surface area (Å²) in [6.07, 6.45) is 1.76. The molecule has 2 saturated heterocycles. The lowest BCUT2D eigenvalue weighted by Gasteiger charge is -2.34. The maximum absolute atomic E-state index is 13.1. The Bertz CT molecular complexity index is 1320. The number of anilines is 1. The Hall–Kier alpha value is -2.24. The van der Waals surface area contributed by atoms with Gasteiger partial charge >= 0.3 is 0 Å². The third-order valence-electron chi connectivity index (χ3n) is 6.49. The van der Waals surface area contributed by atoms with Crippen molar-refractivity contribution in [1.29, 1.82) is 0 Å². The lowest BCUT2D eigenvalue weighted by Crippen LogP contribution is -2.48. The summed E-state index contributed by atoms with van der Waals surface area (Å²) in [5.74, 6) is -0.103. The maximum Gasteiger partial charge on any atom is 0.253 e. The molecule has 3 heterocycles. The van der Waals surface area contributed by atoms with Crippen LogP contribution in [0.3, 0.4) is 0 Å². The van der Waals surface area contributed by atoms with Crippen molar-refractivity contribution in [2.75, 3.05) is 51.3 Å². The van der Waals surface area contributed by atoms with Gasteiger partial charge in [0.25, 0.3) is 5.91 Å². The van der Waals surface area contributed by atoms with Gasteiger partial charge < -0.3 is 14.5 Å². The summed E-state index contributed by atoms with van der Waals surface area (Å²) >= 11 is 7.86. The van der Waals surface area contributed by atoms with E-state index in [0.717, 1.165) is 28.2 Å². The summed E-state index contributed by atoms with van der Waals surface area (Å²) in [4.78, 5) is 21.9. The number of sulfonamides is 1. The second-order valence-corrected chi connectivity index (χ2v) is 12.3. The highest BCUT2D eigenvalue weighted by Crippen LogP contribution is 2.33. The second-order valence-electron chi connectivity index (χ2n) is 8.81. The van der Waals surface area contributed by atoms with Crippen LogP contribution in [-0.4, -0.2) is 81.0 Å². The first-order chi connectivity index (χ1) is 16.8. The predicted molar refractivity (Wildman–Crippen MR) is 138 cm³/mol. The molecule has 2 aliphatic heterocycles. The van der Waals surface area contributed by atoms with Gasteiger partial charge in [0.15, 0.2) is 5.13 Å². The third kappa shape index (κ3) is 5.03. The van der Waals surface area contributed by atoms with E-state index < -0.39 is 10.0 Å². The predicted octanol–water partition coefficient (Wildman–Crippen LogP) is 3.71. The van der Waals surface area contributed by atoms with E-state index in [0.29, 0.717) is 49.9 Å². The van der Waals surface area contributed by atoms with Gasteiger partial charge in [-0.3, -0.25) is 4.79 Å². The summed E-state index contributed by atoms with van der Waals surface area (Å²) in [6, 6.07) is 12.0. The van der Waals surface area contributed by atoms with Crippen LogP contribution in [0.15, 0.2) is 47.4 Å². The fraction of sp³-hybridized carbons (Fsp3) is 0.417. The number of carbonyl (C=O) groups excluding carboxylic acids is 1. The van der Waals surface area contributed by atoms with Crippen molar-refractivity contribution in [2.24, 2.45) is 0 Å². The first-order valence-electron chi connectivity index (χ1n) is 11.6. The molecule has 1 aromatic heterocycles. The van der Waals surface area contributed by atoms with Gasteiger partial charge in [0, 0.05) is 51.9 Å². The normalized spacial score (nSPS) is 19.1. The third-order valence-corrected chi connectivity index (χ3v) is 9.71. The van der Waals surface area contributed by atoms with E-state index >= 15 is 0 Å². The first-order valence-corrected chi connectivity index (χ1v) is 14.2. The quantitative estimate of drug-likeness (QED) is 0.479. The number of ether oxygens (including phenoxy) is 1. The summed E-state index contributed by atoms with van der Waals surface area (Å²) in [5.41, 5.74) is 1.29. The molecule has 0 bridgehead atoms. The molecule has 2 fully saturated rings. The van der Waals surface area contributed by atoms with Crippen molar-refractivity contribution >= 4 is 54.2 Å². The number of nitrogens with zero attached hydrogens (tertiary/aromatic N) is 4. The molecule has 0 N–H and O–H groups in total. The minimum absolute atomic E-state index is 0.0611. The molecule has 0 aliphatic carbocycles. The van der Waals surface area contributed by atoms with Crippen molar-refractivity contribution in [3.8, 4) is 0 Å². The van der Waals surface area contributed by atoms with Crippen molar-refractivity contribution < 1.29 is 17.9 Å². The van der Waals surface area contributed by atoms with Crippen molar-refractivity contribution in [3.05, 3.63) is 53.1 Å². The molecule has 1 unspecified atom stereocenters. The summed E-state index contributed by atoms with van der Waals surface area (Å²) in [7, 11) is -2.08. The van der Waals surface area contributed by atoms with E-state index in [4.69, 9.17) is 16.3 Å². The van der Waals surface area contributed by atoms with Crippen molar-refractivity contribution in [2.45, 2.75) is 23.8 Å². The van der Waals surface area contributed by atoms with Crippen LogP contribution in [0.1, 0.15) is 23.2 Å². The van der Waals surface area contributed by atoms with Crippen LogP contribution >= 0.6 is 22.9 Å². The number of para-hydroxylation sites is 1. The average Bonchev–Trinajstić information content (AvgIpc) is 3.54. The topological polar surface area (TPSA) is 83.0 Å². The SMILES string of the molecule is CN(CC1CCCO1)S(=O)(=O)c1ccc(C(=O)N2CCN(c3nc4c(Cl)cccc4s3)CC2)cc1. The zero-order chi connectivity index (χ0) is 24.6. The Morgan fingerprint density at radius 3 is 2.57 bits per heavy atom. The molecule has 1 amide bonds. The number of rotatable bonds is 6. The fourth-order valence-electron chi connectivity index (χ4n) is 4.44. The number of carbonyl (C=O) groups is 1. The molecule has 35 heavy (non-hydrogen) atoms. The van der Waals surface area contributed by atoms with Gasteiger partial charge in [0.1, 0.15) is 5.52 Å². The standard InChI is InChI=1S/C24H27ClN4O4S2/c1-27(16-18-4-3-15-33-18)35(31,32)19-9-7-17(8-10-19)23(30)28-11-13-29(14-12-28)24-26-22-20(25)5-2-6-21(22)34-24/h2,5-10,18H,3-4,11-16H2,1H3. The van der Waals surface area contributed by atoms with Gasteiger partial charge in [-0.1, -0.05) is 29.0 Å². The molecule has 186 valence electrons. The number of piperazine rings is 1. The van der Waals surface area contributed by atoms with Gasteiger partial charge in [-0.05, 0) is 49.2 Å². The van der Waals surface area contributed by atoms with Gasteiger partial charge in [-0.15, -0.1) is 0 Å².